The third kappa shape index (κ3) is 2.92. The number of aromatic carboxylic acids is 1. The molecule has 0 amide bonds. The van der Waals surface area contributed by atoms with Crippen molar-refractivity contribution < 1.29 is 19.0 Å². The monoisotopic (exact) mass is 476 g/mol. The van der Waals surface area contributed by atoms with Gasteiger partial charge >= 0.3 is 5.97 Å². The minimum atomic E-state index is -1.24. The number of hydrogen-bond donors (Lipinski definition) is 3. The van der Waals surface area contributed by atoms with Crippen molar-refractivity contribution in [2.24, 2.45) is 0 Å². The van der Waals surface area contributed by atoms with Gasteiger partial charge in [-0.25, -0.2) is 9.18 Å². The Morgan fingerprint density at radius 2 is 2.18 bits per heavy atom. The number of anilines is 1. The van der Waals surface area contributed by atoms with Gasteiger partial charge in [0.25, 0.3) is 5.56 Å². The first-order chi connectivity index (χ1) is 16.4. The highest BCUT2D eigenvalue weighted by atomic mass is 32.1. The predicted octanol–water partition coefficient (Wildman–Crippen LogP) is 4.01. The SMILES string of the molecule is Nc1nsc2ccc(Cn3c(C(=O)O)c(-c4ccc[nH]c4=O)c4c5c(c(F)cc43)CCO5)cc12. The number of ether oxygens (including phenoxy) is 1. The van der Waals surface area contributed by atoms with E-state index in [2.05, 4.69) is 9.36 Å². The number of benzene rings is 2. The number of nitrogens with one attached hydrogen (secondary N) is 1. The number of nitrogens with zero attached hydrogens (tertiary/aromatic N) is 2. The lowest BCUT2D eigenvalue weighted by Gasteiger charge is -2.10. The van der Waals surface area contributed by atoms with Crippen LogP contribution in [0.15, 0.2) is 47.4 Å². The van der Waals surface area contributed by atoms with Crippen molar-refractivity contribution in [1.29, 1.82) is 0 Å². The molecular formula is C24H17FN4O4S. The lowest BCUT2D eigenvalue weighted by Crippen LogP contribution is -2.13. The van der Waals surface area contributed by atoms with Crippen LogP contribution in [0.1, 0.15) is 21.6 Å². The molecule has 10 heteroatoms. The van der Waals surface area contributed by atoms with E-state index in [0.717, 1.165) is 15.6 Å². The molecule has 0 saturated carbocycles. The maximum Gasteiger partial charge on any atom is 0.353 e. The molecule has 0 radical (unpaired) electrons. The maximum atomic E-state index is 15.1. The summed E-state index contributed by atoms with van der Waals surface area (Å²) in [5.74, 6) is -1.02. The van der Waals surface area contributed by atoms with Crippen molar-refractivity contribution in [2.75, 3.05) is 12.3 Å². The van der Waals surface area contributed by atoms with Gasteiger partial charge in [0.2, 0.25) is 0 Å². The molecule has 6 rings (SSSR count). The Hall–Kier alpha value is -4.18. The second-order valence-electron chi connectivity index (χ2n) is 8.08. The molecule has 0 unspecified atom stereocenters. The van der Waals surface area contributed by atoms with Gasteiger partial charge in [-0.3, -0.25) is 4.79 Å². The van der Waals surface area contributed by atoms with Crippen LogP contribution >= 0.6 is 11.5 Å². The minimum absolute atomic E-state index is 0.117. The molecule has 8 nitrogen and oxygen atoms in total. The number of H-pyrrole nitrogens is 1. The molecule has 34 heavy (non-hydrogen) atoms. The van der Waals surface area contributed by atoms with Crippen LogP contribution in [0.4, 0.5) is 10.2 Å². The van der Waals surface area contributed by atoms with Crippen molar-refractivity contribution in [2.45, 2.75) is 13.0 Å². The van der Waals surface area contributed by atoms with Gasteiger partial charge in [-0.15, -0.1) is 0 Å². The van der Waals surface area contributed by atoms with Crippen LogP contribution in [0.5, 0.6) is 5.75 Å². The average Bonchev–Trinajstić information content (AvgIpc) is 3.51. The standard InChI is InChI=1S/C24H17FN4O4S/c25-15-9-16-19(21-12(15)5-7-33-21)18(13-2-1-6-27-23(13)30)20(24(31)32)29(16)10-11-3-4-17-14(8-11)22(26)28-34-17/h1-4,6,8-9H,5,7,10H2,(H2,26,28)(H,27,30)(H,31,32). The normalized spacial score (nSPS) is 12.9. The maximum absolute atomic E-state index is 15.1. The number of carboxylic acids is 1. The van der Waals surface area contributed by atoms with Crippen LogP contribution in [0, 0.1) is 5.82 Å². The van der Waals surface area contributed by atoms with Gasteiger partial charge < -0.3 is 25.1 Å². The number of pyridine rings is 1. The van der Waals surface area contributed by atoms with Crippen molar-refractivity contribution in [3.63, 3.8) is 0 Å². The summed E-state index contributed by atoms with van der Waals surface area (Å²) in [6.07, 6.45) is 1.84. The second kappa shape index (κ2) is 7.42. The molecule has 0 spiro atoms. The second-order valence-corrected chi connectivity index (χ2v) is 8.89. The molecule has 4 N–H and O–H groups in total. The van der Waals surface area contributed by atoms with Crippen molar-refractivity contribution in [3.05, 3.63) is 75.6 Å². The summed E-state index contributed by atoms with van der Waals surface area (Å²) in [6.45, 7) is 0.400. The van der Waals surface area contributed by atoms with Gasteiger partial charge in [0.1, 0.15) is 23.1 Å². The first kappa shape index (κ1) is 20.4. The molecule has 1 aliphatic rings. The smallest absolute Gasteiger partial charge is 0.353 e. The summed E-state index contributed by atoms with van der Waals surface area (Å²) in [6, 6.07) is 10.1. The highest BCUT2D eigenvalue weighted by molar-refractivity contribution is 7.13. The molecule has 5 aromatic rings. The summed E-state index contributed by atoms with van der Waals surface area (Å²) < 4.78 is 27.4. The molecule has 1 aliphatic heterocycles. The Kier molecular flexibility index (Phi) is 4.46. The zero-order valence-corrected chi connectivity index (χ0v) is 18.4. The molecule has 0 bridgehead atoms. The molecule has 0 aliphatic carbocycles. The third-order valence-electron chi connectivity index (χ3n) is 6.15. The fraction of sp³-hybridized carbons (Fsp3) is 0.125. The van der Waals surface area contributed by atoms with E-state index in [1.165, 1.54) is 28.4 Å². The number of nitrogens with two attached hydrogens (primary N) is 1. The van der Waals surface area contributed by atoms with Crippen LogP contribution in [-0.2, 0) is 13.0 Å². The van der Waals surface area contributed by atoms with Gasteiger partial charge in [0, 0.05) is 35.7 Å². The molecular weight excluding hydrogens is 459 g/mol. The first-order valence-corrected chi connectivity index (χ1v) is 11.3. The summed E-state index contributed by atoms with van der Waals surface area (Å²) in [5, 5.41) is 11.5. The van der Waals surface area contributed by atoms with Gasteiger partial charge in [-0.05, 0) is 47.4 Å². The van der Waals surface area contributed by atoms with Gasteiger partial charge in [0.05, 0.1) is 27.8 Å². The van der Waals surface area contributed by atoms with E-state index in [-0.39, 0.29) is 35.7 Å². The topological polar surface area (TPSA) is 123 Å². The molecule has 2 aromatic carbocycles. The number of aromatic amines is 1. The van der Waals surface area contributed by atoms with Crippen molar-refractivity contribution in [1.82, 2.24) is 13.9 Å². The summed E-state index contributed by atoms with van der Waals surface area (Å²) in [4.78, 5) is 27.9. The van der Waals surface area contributed by atoms with Crippen LogP contribution in [0.2, 0.25) is 0 Å². The van der Waals surface area contributed by atoms with Crippen LogP contribution in [0.3, 0.4) is 0 Å². The van der Waals surface area contributed by atoms with E-state index in [0.29, 0.717) is 28.7 Å². The molecule has 4 heterocycles. The number of aromatic nitrogens is 3. The van der Waals surface area contributed by atoms with Crippen LogP contribution in [0.25, 0.3) is 32.1 Å². The Balaban J connectivity index is 1.70. The Morgan fingerprint density at radius 1 is 1.32 bits per heavy atom. The molecule has 170 valence electrons. The zero-order valence-electron chi connectivity index (χ0n) is 17.6. The molecule has 0 fully saturated rings. The van der Waals surface area contributed by atoms with Gasteiger partial charge in [-0.2, -0.15) is 4.37 Å². The van der Waals surface area contributed by atoms with E-state index in [4.69, 9.17) is 10.5 Å². The Labute approximate surface area is 195 Å². The number of hydrogen-bond acceptors (Lipinski definition) is 6. The van der Waals surface area contributed by atoms with E-state index in [9.17, 15) is 14.7 Å². The lowest BCUT2D eigenvalue weighted by molar-refractivity contribution is 0.0687. The number of nitrogen functional groups attached to an aromatic ring is 1. The van der Waals surface area contributed by atoms with Crippen molar-refractivity contribution >= 4 is 44.3 Å². The van der Waals surface area contributed by atoms with Crippen molar-refractivity contribution in [3.8, 4) is 16.9 Å². The lowest BCUT2D eigenvalue weighted by atomic mass is 10.00. The first-order valence-electron chi connectivity index (χ1n) is 10.5. The van der Waals surface area contributed by atoms with Gasteiger partial charge in [0.15, 0.2) is 0 Å². The number of halogens is 1. The van der Waals surface area contributed by atoms with E-state index >= 15 is 4.39 Å². The van der Waals surface area contributed by atoms with Crippen LogP contribution < -0.4 is 16.0 Å². The third-order valence-corrected chi connectivity index (χ3v) is 6.99. The minimum Gasteiger partial charge on any atom is -0.492 e. The number of fused-ring (bicyclic) bond motifs is 4. The Morgan fingerprint density at radius 3 is 2.97 bits per heavy atom. The van der Waals surface area contributed by atoms with Gasteiger partial charge in [-0.1, -0.05) is 6.07 Å². The average molecular weight is 476 g/mol. The van der Waals surface area contributed by atoms with E-state index in [1.807, 2.05) is 18.2 Å². The van der Waals surface area contributed by atoms with Crippen LogP contribution in [-0.4, -0.2) is 31.6 Å². The highest BCUT2D eigenvalue weighted by Gasteiger charge is 2.31. The number of carbonyl (C=O) groups is 1. The largest absolute Gasteiger partial charge is 0.492 e. The summed E-state index contributed by atoms with van der Waals surface area (Å²) in [7, 11) is 0. The number of carboxylic acid groups (broad SMARTS) is 1. The molecule has 0 atom stereocenters. The van der Waals surface area contributed by atoms with E-state index < -0.39 is 17.3 Å². The van der Waals surface area contributed by atoms with E-state index in [1.54, 1.807) is 12.1 Å². The zero-order chi connectivity index (χ0) is 23.6. The quantitative estimate of drug-likeness (QED) is 0.360. The fourth-order valence-electron chi connectivity index (χ4n) is 4.68. The number of rotatable bonds is 4. The summed E-state index contributed by atoms with van der Waals surface area (Å²) in [5.41, 5.74) is 7.28. The molecule has 0 saturated heterocycles. The Bertz CT molecular complexity index is 1700. The summed E-state index contributed by atoms with van der Waals surface area (Å²) >= 11 is 1.28. The highest BCUT2D eigenvalue weighted by Crippen LogP contribution is 2.44. The molecule has 3 aromatic heterocycles. The predicted molar refractivity (Wildman–Crippen MR) is 127 cm³/mol. The fourth-order valence-corrected chi connectivity index (χ4v) is 5.37.